The highest BCUT2D eigenvalue weighted by molar-refractivity contribution is 5.55. The van der Waals surface area contributed by atoms with E-state index >= 15 is 0 Å². The SMILES string of the molecule is Cc1ccccc1N1CCC(C#N)CC1(C)C. The van der Waals surface area contributed by atoms with Crippen LogP contribution in [-0.2, 0) is 0 Å². The van der Waals surface area contributed by atoms with Gasteiger partial charge in [-0.25, -0.2) is 0 Å². The number of nitriles is 1. The van der Waals surface area contributed by atoms with Crippen LogP contribution in [0.4, 0.5) is 5.69 Å². The van der Waals surface area contributed by atoms with Gasteiger partial charge in [-0.1, -0.05) is 18.2 Å². The van der Waals surface area contributed by atoms with Gasteiger partial charge in [0.25, 0.3) is 0 Å². The molecule has 1 atom stereocenters. The van der Waals surface area contributed by atoms with Crippen molar-refractivity contribution in [2.45, 2.75) is 39.2 Å². The van der Waals surface area contributed by atoms with Crippen LogP contribution in [0.25, 0.3) is 0 Å². The molecule has 17 heavy (non-hydrogen) atoms. The maximum absolute atomic E-state index is 9.07. The molecule has 1 fully saturated rings. The average molecular weight is 228 g/mol. The first-order chi connectivity index (χ1) is 8.04. The van der Waals surface area contributed by atoms with Crippen molar-refractivity contribution in [1.29, 1.82) is 5.26 Å². The van der Waals surface area contributed by atoms with Crippen LogP contribution in [0.15, 0.2) is 24.3 Å². The number of rotatable bonds is 1. The molecule has 1 aromatic rings. The van der Waals surface area contributed by atoms with E-state index in [9.17, 15) is 0 Å². The molecule has 1 unspecified atom stereocenters. The van der Waals surface area contributed by atoms with Gasteiger partial charge in [0.2, 0.25) is 0 Å². The summed E-state index contributed by atoms with van der Waals surface area (Å²) in [7, 11) is 0. The summed E-state index contributed by atoms with van der Waals surface area (Å²) in [4.78, 5) is 2.45. The van der Waals surface area contributed by atoms with Crippen molar-refractivity contribution < 1.29 is 0 Å². The van der Waals surface area contributed by atoms with Gasteiger partial charge in [0.05, 0.1) is 12.0 Å². The van der Waals surface area contributed by atoms with Gasteiger partial charge in [-0.3, -0.25) is 0 Å². The van der Waals surface area contributed by atoms with E-state index in [-0.39, 0.29) is 11.5 Å². The molecular weight excluding hydrogens is 208 g/mol. The molecule has 0 aromatic heterocycles. The Morgan fingerprint density at radius 2 is 2.06 bits per heavy atom. The van der Waals surface area contributed by atoms with E-state index in [0.29, 0.717) is 0 Å². The highest BCUT2D eigenvalue weighted by Crippen LogP contribution is 2.36. The zero-order chi connectivity index (χ0) is 12.5. The van der Waals surface area contributed by atoms with E-state index < -0.39 is 0 Å². The third-order valence-electron chi connectivity index (χ3n) is 3.77. The van der Waals surface area contributed by atoms with Crippen molar-refractivity contribution in [3.05, 3.63) is 29.8 Å². The van der Waals surface area contributed by atoms with Gasteiger partial charge in [-0.05, 0) is 45.2 Å². The predicted molar refractivity (Wildman–Crippen MR) is 70.9 cm³/mol. The maximum Gasteiger partial charge on any atom is 0.0657 e. The Bertz CT molecular complexity index is 442. The summed E-state index contributed by atoms with van der Waals surface area (Å²) in [6.07, 6.45) is 1.94. The van der Waals surface area contributed by atoms with Crippen LogP contribution in [0.1, 0.15) is 32.3 Å². The Kier molecular flexibility index (Phi) is 3.11. The van der Waals surface area contributed by atoms with Crippen molar-refractivity contribution in [3.63, 3.8) is 0 Å². The Hall–Kier alpha value is -1.49. The minimum atomic E-state index is 0.0742. The maximum atomic E-state index is 9.07. The normalized spacial score (nSPS) is 23.2. The van der Waals surface area contributed by atoms with Crippen molar-refractivity contribution >= 4 is 5.69 Å². The molecule has 0 saturated carbocycles. The number of benzene rings is 1. The second-order valence-electron chi connectivity index (χ2n) is 5.57. The van der Waals surface area contributed by atoms with Crippen molar-refractivity contribution in [2.24, 2.45) is 5.92 Å². The second kappa shape index (κ2) is 4.41. The van der Waals surface area contributed by atoms with E-state index in [0.717, 1.165) is 19.4 Å². The van der Waals surface area contributed by atoms with Crippen LogP contribution >= 0.6 is 0 Å². The lowest BCUT2D eigenvalue weighted by molar-refractivity contribution is 0.315. The van der Waals surface area contributed by atoms with Crippen LogP contribution in [0.5, 0.6) is 0 Å². The molecule has 0 bridgehead atoms. The van der Waals surface area contributed by atoms with Gasteiger partial charge in [-0.15, -0.1) is 0 Å². The summed E-state index contributed by atoms with van der Waals surface area (Å²) >= 11 is 0. The van der Waals surface area contributed by atoms with E-state index in [2.05, 4.69) is 56.0 Å². The van der Waals surface area contributed by atoms with Crippen molar-refractivity contribution in [3.8, 4) is 6.07 Å². The second-order valence-corrected chi connectivity index (χ2v) is 5.57. The first-order valence-electron chi connectivity index (χ1n) is 6.27. The van der Waals surface area contributed by atoms with Gasteiger partial charge in [-0.2, -0.15) is 5.26 Å². The highest BCUT2D eigenvalue weighted by atomic mass is 15.2. The van der Waals surface area contributed by atoms with Gasteiger partial charge in [0.15, 0.2) is 0 Å². The van der Waals surface area contributed by atoms with Crippen LogP contribution < -0.4 is 4.90 Å². The molecule has 0 amide bonds. The molecule has 2 heteroatoms. The van der Waals surface area contributed by atoms with Gasteiger partial charge >= 0.3 is 0 Å². The van der Waals surface area contributed by atoms with E-state index in [1.54, 1.807) is 0 Å². The molecule has 0 spiro atoms. The molecule has 0 N–H and O–H groups in total. The molecule has 1 saturated heterocycles. The van der Waals surface area contributed by atoms with E-state index in [1.807, 2.05) is 0 Å². The summed E-state index contributed by atoms with van der Waals surface area (Å²) in [5.74, 6) is 0.213. The monoisotopic (exact) mass is 228 g/mol. The predicted octanol–water partition coefficient (Wildman–Crippen LogP) is 3.51. The zero-order valence-corrected chi connectivity index (χ0v) is 10.9. The fourth-order valence-corrected chi connectivity index (χ4v) is 2.83. The van der Waals surface area contributed by atoms with E-state index in [1.165, 1.54) is 11.3 Å². The van der Waals surface area contributed by atoms with E-state index in [4.69, 9.17) is 5.26 Å². The number of anilines is 1. The lowest BCUT2D eigenvalue weighted by Gasteiger charge is -2.46. The van der Waals surface area contributed by atoms with Crippen molar-refractivity contribution in [2.75, 3.05) is 11.4 Å². The Morgan fingerprint density at radius 1 is 1.35 bits per heavy atom. The lowest BCUT2D eigenvalue weighted by Crippen LogP contribution is -2.50. The fourth-order valence-electron chi connectivity index (χ4n) is 2.83. The summed E-state index contributed by atoms with van der Waals surface area (Å²) in [6.45, 7) is 7.61. The van der Waals surface area contributed by atoms with Gasteiger partial charge < -0.3 is 4.90 Å². The van der Waals surface area contributed by atoms with Crippen LogP contribution in [0, 0.1) is 24.2 Å². The molecule has 0 radical (unpaired) electrons. The molecule has 0 aliphatic carbocycles. The molecule has 1 heterocycles. The Labute approximate surface area is 104 Å². The standard InChI is InChI=1S/C15H20N2/c1-12-6-4-5-7-14(12)17-9-8-13(11-16)10-15(17,2)3/h4-7,13H,8-10H2,1-3H3. The first kappa shape index (κ1) is 12.0. The topological polar surface area (TPSA) is 27.0 Å². The minimum Gasteiger partial charge on any atom is -0.366 e. The summed E-state index contributed by atoms with van der Waals surface area (Å²) in [5.41, 5.74) is 2.70. The van der Waals surface area contributed by atoms with Crippen LogP contribution in [0.2, 0.25) is 0 Å². The summed E-state index contributed by atoms with van der Waals surface area (Å²) in [5, 5.41) is 9.07. The minimum absolute atomic E-state index is 0.0742. The lowest BCUT2D eigenvalue weighted by atomic mass is 9.82. The number of hydrogen-bond donors (Lipinski definition) is 0. The third-order valence-corrected chi connectivity index (χ3v) is 3.77. The molecule has 1 aromatic carbocycles. The molecule has 90 valence electrons. The van der Waals surface area contributed by atoms with Crippen LogP contribution in [-0.4, -0.2) is 12.1 Å². The number of nitrogens with zero attached hydrogens (tertiary/aromatic N) is 2. The van der Waals surface area contributed by atoms with Crippen molar-refractivity contribution in [1.82, 2.24) is 0 Å². The molecule has 2 nitrogen and oxygen atoms in total. The molecular formula is C15H20N2. The first-order valence-corrected chi connectivity index (χ1v) is 6.27. The molecule has 1 aliphatic heterocycles. The highest BCUT2D eigenvalue weighted by Gasteiger charge is 2.35. The Balaban J connectivity index is 2.29. The van der Waals surface area contributed by atoms with Gasteiger partial charge in [0, 0.05) is 17.8 Å². The smallest absolute Gasteiger partial charge is 0.0657 e. The Morgan fingerprint density at radius 3 is 2.65 bits per heavy atom. The fraction of sp³-hybridized carbons (Fsp3) is 0.533. The largest absolute Gasteiger partial charge is 0.366 e. The summed E-state index contributed by atoms with van der Waals surface area (Å²) in [6, 6.07) is 10.9. The van der Waals surface area contributed by atoms with Crippen LogP contribution in [0.3, 0.4) is 0 Å². The average Bonchev–Trinajstić information content (AvgIpc) is 2.29. The third kappa shape index (κ3) is 2.29. The summed E-state index contributed by atoms with van der Waals surface area (Å²) < 4.78 is 0. The number of para-hydroxylation sites is 1. The quantitative estimate of drug-likeness (QED) is 0.735. The molecule has 2 rings (SSSR count). The van der Waals surface area contributed by atoms with Gasteiger partial charge in [0.1, 0.15) is 0 Å². The number of aryl methyl sites for hydroxylation is 1. The number of hydrogen-bond acceptors (Lipinski definition) is 2. The zero-order valence-electron chi connectivity index (χ0n) is 10.9. The molecule has 1 aliphatic rings. The number of piperidine rings is 1.